The van der Waals surface area contributed by atoms with Gasteiger partial charge in [0.1, 0.15) is 0 Å². The molecule has 0 saturated heterocycles. The van der Waals surface area contributed by atoms with Gasteiger partial charge in [0.25, 0.3) is 0 Å². The molecule has 1 unspecified atom stereocenters. The third kappa shape index (κ3) is 11.7. The van der Waals surface area contributed by atoms with Crippen LogP contribution in [-0.2, 0) is 9.47 Å². The first kappa shape index (κ1) is 25.2. The van der Waals surface area contributed by atoms with Crippen LogP contribution in [0.2, 0.25) is 0 Å². The second kappa shape index (κ2) is 16.0. The number of rotatable bonds is 16. The first-order valence-corrected chi connectivity index (χ1v) is 11.6. The molecular weight excluding hydrogens is 364 g/mol. The normalized spacial score (nSPS) is 11.8. The van der Waals surface area contributed by atoms with Gasteiger partial charge in [0.2, 0.25) is 0 Å². The highest BCUT2D eigenvalue weighted by Crippen LogP contribution is 2.13. The Kier molecular flexibility index (Phi) is 13.9. The zero-order valence-corrected chi connectivity index (χ0v) is 18.7. The molecule has 0 aliphatic carbocycles. The van der Waals surface area contributed by atoms with Crippen molar-refractivity contribution in [2.24, 2.45) is 0 Å². The monoisotopic (exact) mass is 404 g/mol. The third-order valence-corrected chi connectivity index (χ3v) is 5.09. The largest absolute Gasteiger partial charge is 0.462 e. The number of carbonyl (C=O) groups is 2. The van der Waals surface area contributed by atoms with E-state index in [1.54, 1.807) is 24.3 Å². The zero-order valence-electron chi connectivity index (χ0n) is 18.7. The summed E-state index contributed by atoms with van der Waals surface area (Å²) in [5.41, 5.74) is 0.800. The van der Waals surface area contributed by atoms with Crippen LogP contribution in [0, 0.1) is 0 Å². The molecule has 1 aromatic carbocycles. The van der Waals surface area contributed by atoms with Crippen molar-refractivity contribution in [3.05, 3.63) is 35.4 Å². The lowest BCUT2D eigenvalue weighted by Crippen LogP contribution is -2.16. The van der Waals surface area contributed by atoms with Crippen LogP contribution >= 0.6 is 0 Å². The average molecular weight is 405 g/mol. The highest BCUT2D eigenvalue weighted by molar-refractivity contribution is 5.95. The van der Waals surface area contributed by atoms with E-state index in [9.17, 15) is 9.59 Å². The van der Waals surface area contributed by atoms with Crippen LogP contribution in [0.1, 0.15) is 119 Å². The number of esters is 2. The molecule has 0 amide bonds. The molecule has 0 aromatic heterocycles. The topological polar surface area (TPSA) is 52.6 Å². The summed E-state index contributed by atoms with van der Waals surface area (Å²) in [7, 11) is 0. The van der Waals surface area contributed by atoms with E-state index < -0.39 is 0 Å². The maximum absolute atomic E-state index is 12.4. The first-order valence-electron chi connectivity index (χ1n) is 11.6. The number of ether oxygens (including phenoxy) is 2. The molecule has 0 fully saturated rings. The van der Waals surface area contributed by atoms with Gasteiger partial charge in [0.05, 0.1) is 23.8 Å². The zero-order chi connectivity index (χ0) is 21.3. The predicted molar refractivity (Wildman–Crippen MR) is 118 cm³/mol. The Hall–Kier alpha value is -1.84. The Morgan fingerprint density at radius 2 is 1.34 bits per heavy atom. The second-order valence-corrected chi connectivity index (χ2v) is 7.90. The van der Waals surface area contributed by atoms with Crippen molar-refractivity contribution in [1.29, 1.82) is 0 Å². The van der Waals surface area contributed by atoms with E-state index in [-0.39, 0.29) is 18.0 Å². The second-order valence-electron chi connectivity index (χ2n) is 7.90. The van der Waals surface area contributed by atoms with Crippen molar-refractivity contribution in [3.8, 4) is 0 Å². The molecule has 0 N–H and O–H groups in total. The molecule has 0 aliphatic rings. The van der Waals surface area contributed by atoms with Crippen molar-refractivity contribution in [2.75, 3.05) is 6.61 Å². The molecule has 164 valence electrons. The third-order valence-electron chi connectivity index (χ3n) is 5.09. The van der Waals surface area contributed by atoms with E-state index >= 15 is 0 Å². The van der Waals surface area contributed by atoms with Crippen LogP contribution < -0.4 is 0 Å². The Balaban J connectivity index is 2.34. The Bertz CT molecular complexity index is 582. The Morgan fingerprint density at radius 1 is 0.793 bits per heavy atom. The molecular formula is C25H40O4. The summed E-state index contributed by atoms with van der Waals surface area (Å²) >= 11 is 0. The number of unbranched alkanes of at least 4 members (excludes halogenated alkanes) is 9. The van der Waals surface area contributed by atoms with Gasteiger partial charge in [0.15, 0.2) is 0 Å². The van der Waals surface area contributed by atoms with Gasteiger partial charge in [-0.25, -0.2) is 9.59 Å². The number of hydrogen-bond acceptors (Lipinski definition) is 4. The fourth-order valence-electron chi connectivity index (χ4n) is 3.25. The van der Waals surface area contributed by atoms with Gasteiger partial charge in [0, 0.05) is 0 Å². The lowest BCUT2D eigenvalue weighted by molar-refractivity contribution is 0.0319. The molecule has 1 rings (SSSR count). The quantitative estimate of drug-likeness (QED) is 0.218. The summed E-state index contributed by atoms with van der Waals surface area (Å²) in [4.78, 5) is 24.6. The lowest BCUT2D eigenvalue weighted by atomic mass is 10.1. The molecule has 0 heterocycles. The van der Waals surface area contributed by atoms with Gasteiger partial charge in [-0.05, 0) is 44.4 Å². The Labute approximate surface area is 177 Å². The van der Waals surface area contributed by atoms with E-state index in [0.29, 0.717) is 17.7 Å². The smallest absolute Gasteiger partial charge is 0.338 e. The molecule has 4 nitrogen and oxygen atoms in total. The number of benzene rings is 1. The van der Waals surface area contributed by atoms with Gasteiger partial charge in [-0.2, -0.15) is 0 Å². The maximum Gasteiger partial charge on any atom is 0.338 e. The number of carbonyl (C=O) groups excluding carboxylic acids is 2. The van der Waals surface area contributed by atoms with Crippen LogP contribution in [0.15, 0.2) is 24.3 Å². The van der Waals surface area contributed by atoms with Gasteiger partial charge in [-0.3, -0.25) is 0 Å². The average Bonchev–Trinajstić information content (AvgIpc) is 2.73. The van der Waals surface area contributed by atoms with Gasteiger partial charge < -0.3 is 9.47 Å². The molecule has 0 aliphatic heterocycles. The number of hydrogen-bond donors (Lipinski definition) is 0. The van der Waals surface area contributed by atoms with Gasteiger partial charge >= 0.3 is 11.9 Å². The molecule has 4 heteroatoms. The summed E-state index contributed by atoms with van der Waals surface area (Å²) < 4.78 is 10.9. The first-order chi connectivity index (χ1) is 14.1. The van der Waals surface area contributed by atoms with Gasteiger partial charge in [-0.15, -0.1) is 0 Å². The van der Waals surface area contributed by atoms with Crippen molar-refractivity contribution in [1.82, 2.24) is 0 Å². The molecule has 29 heavy (non-hydrogen) atoms. The molecule has 0 radical (unpaired) electrons. The van der Waals surface area contributed by atoms with E-state index in [1.807, 2.05) is 6.92 Å². The van der Waals surface area contributed by atoms with Crippen LogP contribution in [-0.4, -0.2) is 24.6 Å². The highest BCUT2D eigenvalue weighted by atomic mass is 16.5. The predicted octanol–water partition coefficient (Wildman–Crippen LogP) is 7.11. The minimum Gasteiger partial charge on any atom is -0.462 e. The molecule has 0 saturated carbocycles. The van der Waals surface area contributed by atoms with Crippen molar-refractivity contribution < 1.29 is 19.1 Å². The van der Waals surface area contributed by atoms with Crippen molar-refractivity contribution in [3.63, 3.8) is 0 Å². The van der Waals surface area contributed by atoms with E-state index in [4.69, 9.17) is 9.47 Å². The summed E-state index contributed by atoms with van der Waals surface area (Å²) in [6, 6.07) is 6.63. The van der Waals surface area contributed by atoms with E-state index in [0.717, 1.165) is 25.7 Å². The SMILES string of the molecule is CCCCCCCCCOC(=O)c1cccc(C(=O)OC(C)CCCCCC)c1. The van der Waals surface area contributed by atoms with Crippen LogP contribution in [0.3, 0.4) is 0 Å². The minimum atomic E-state index is -0.380. The van der Waals surface area contributed by atoms with E-state index in [2.05, 4.69) is 13.8 Å². The van der Waals surface area contributed by atoms with E-state index in [1.165, 1.54) is 51.4 Å². The van der Waals surface area contributed by atoms with Gasteiger partial charge in [-0.1, -0.05) is 77.7 Å². The van der Waals surface area contributed by atoms with Crippen LogP contribution in [0.25, 0.3) is 0 Å². The fraction of sp³-hybridized carbons (Fsp3) is 0.680. The lowest BCUT2D eigenvalue weighted by Gasteiger charge is -2.13. The highest BCUT2D eigenvalue weighted by Gasteiger charge is 2.15. The summed E-state index contributed by atoms with van der Waals surface area (Å²) in [5.74, 6) is -0.757. The molecule has 0 bridgehead atoms. The summed E-state index contributed by atoms with van der Waals surface area (Å²) in [6.45, 7) is 6.74. The van der Waals surface area contributed by atoms with Crippen LogP contribution in [0.5, 0.6) is 0 Å². The summed E-state index contributed by atoms with van der Waals surface area (Å²) in [6.07, 6.45) is 13.6. The molecule has 0 spiro atoms. The Morgan fingerprint density at radius 3 is 2.00 bits per heavy atom. The van der Waals surface area contributed by atoms with Crippen molar-refractivity contribution >= 4 is 11.9 Å². The van der Waals surface area contributed by atoms with Crippen molar-refractivity contribution in [2.45, 2.75) is 104 Å². The minimum absolute atomic E-state index is 0.118. The molecule has 1 aromatic rings. The maximum atomic E-state index is 12.4. The van der Waals surface area contributed by atoms with Crippen LogP contribution in [0.4, 0.5) is 0 Å². The fourth-order valence-corrected chi connectivity index (χ4v) is 3.25. The summed E-state index contributed by atoms with van der Waals surface area (Å²) in [5, 5.41) is 0. The molecule has 1 atom stereocenters. The standard InChI is InChI=1S/C25H40O4/c1-4-6-8-10-11-12-14-19-28-24(26)22-17-15-18-23(20-22)25(27)29-21(3)16-13-9-7-5-2/h15,17-18,20-21H,4-14,16,19H2,1-3H3.